The van der Waals surface area contributed by atoms with E-state index in [9.17, 15) is 25.0 Å². The number of para-hydroxylation sites is 1. The van der Waals surface area contributed by atoms with Gasteiger partial charge in [0.05, 0.1) is 16.2 Å². The highest BCUT2D eigenvalue weighted by Crippen LogP contribution is 2.38. The van der Waals surface area contributed by atoms with Crippen LogP contribution in [0.2, 0.25) is 0 Å². The van der Waals surface area contributed by atoms with Crippen molar-refractivity contribution in [3.63, 3.8) is 0 Å². The lowest BCUT2D eigenvalue weighted by Gasteiger charge is -2.21. The molecule has 0 saturated carbocycles. The third kappa shape index (κ3) is 4.39. The van der Waals surface area contributed by atoms with E-state index in [-0.39, 0.29) is 17.0 Å². The first kappa shape index (κ1) is 23.5. The first-order valence-corrected chi connectivity index (χ1v) is 12.3. The predicted octanol–water partition coefficient (Wildman–Crippen LogP) is 5.49. The van der Waals surface area contributed by atoms with Crippen molar-refractivity contribution in [3.8, 4) is 17.2 Å². The molecule has 0 bridgehead atoms. The third-order valence-electron chi connectivity index (χ3n) is 6.20. The number of aromatic nitrogens is 1. The molecule has 9 heteroatoms. The van der Waals surface area contributed by atoms with Crippen molar-refractivity contribution in [2.45, 2.75) is 30.7 Å². The Labute approximate surface area is 209 Å². The van der Waals surface area contributed by atoms with Gasteiger partial charge in [-0.3, -0.25) is 14.9 Å². The standard InChI is InChI=1S/C27H19N3O5S/c28-14-21-25(16-9-11-18(12-10-16)30(33)34)19-6-2-3-7-22(19)29-26(21)36-15-23(31)20-13-17-5-1-4-8-24(17)35-27(20)32/h1,4-5,8-13H,2-3,6-7,15H2. The monoisotopic (exact) mass is 497 g/mol. The van der Waals surface area contributed by atoms with Gasteiger partial charge in [0.15, 0.2) is 5.78 Å². The maximum Gasteiger partial charge on any atom is 0.347 e. The largest absolute Gasteiger partial charge is 0.422 e. The maximum absolute atomic E-state index is 13.0. The molecule has 1 aliphatic rings. The molecule has 0 radical (unpaired) electrons. The summed E-state index contributed by atoms with van der Waals surface area (Å²) in [5.74, 6) is -0.511. The molecule has 4 aromatic rings. The van der Waals surface area contributed by atoms with Crippen LogP contribution in [-0.4, -0.2) is 21.4 Å². The summed E-state index contributed by atoms with van der Waals surface area (Å²) in [6.45, 7) is 0. The summed E-state index contributed by atoms with van der Waals surface area (Å²) in [7, 11) is 0. The molecule has 0 N–H and O–H groups in total. The van der Waals surface area contributed by atoms with E-state index >= 15 is 0 Å². The van der Waals surface area contributed by atoms with E-state index in [4.69, 9.17) is 9.40 Å². The van der Waals surface area contributed by atoms with Gasteiger partial charge in [0.1, 0.15) is 22.2 Å². The number of hydrogen-bond donors (Lipinski definition) is 0. The van der Waals surface area contributed by atoms with Crippen molar-refractivity contribution in [1.82, 2.24) is 4.98 Å². The molecule has 0 atom stereocenters. The predicted molar refractivity (Wildman–Crippen MR) is 135 cm³/mol. The fourth-order valence-electron chi connectivity index (χ4n) is 4.46. The van der Waals surface area contributed by atoms with Gasteiger partial charge >= 0.3 is 5.63 Å². The zero-order chi connectivity index (χ0) is 25.2. The average Bonchev–Trinajstić information content (AvgIpc) is 2.90. The molecule has 2 heterocycles. The first-order valence-electron chi connectivity index (χ1n) is 11.4. The number of thioether (sulfide) groups is 1. The number of nitro benzene ring substituents is 1. The third-order valence-corrected chi connectivity index (χ3v) is 7.18. The molecule has 0 unspecified atom stereocenters. The van der Waals surface area contributed by atoms with Crippen LogP contribution in [0.25, 0.3) is 22.1 Å². The number of ketones is 1. The fourth-order valence-corrected chi connectivity index (χ4v) is 5.35. The van der Waals surface area contributed by atoms with E-state index in [1.807, 2.05) is 0 Å². The number of nitrogens with zero attached hydrogens (tertiary/aromatic N) is 3. The zero-order valence-electron chi connectivity index (χ0n) is 19.0. The van der Waals surface area contributed by atoms with Crippen LogP contribution in [0.15, 0.2) is 68.8 Å². The van der Waals surface area contributed by atoms with Crippen molar-refractivity contribution in [3.05, 3.63) is 97.5 Å². The molecule has 8 nitrogen and oxygen atoms in total. The van der Waals surface area contributed by atoms with E-state index in [0.717, 1.165) is 48.7 Å². The van der Waals surface area contributed by atoms with Gasteiger partial charge < -0.3 is 4.42 Å². The number of pyridine rings is 1. The van der Waals surface area contributed by atoms with Crippen molar-refractivity contribution >= 4 is 34.2 Å². The van der Waals surface area contributed by atoms with Crippen LogP contribution < -0.4 is 5.63 Å². The Morgan fingerprint density at radius 2 is 1.89 bits per heavy atom. The Balaban J connectivity index is 1.52. The minimum Gasteiger partial charge on any atom is -0.422 e. The molecule has 2 aromatic heterocycles. The topological polar surface area (TPSA) is 127 Å². The molecule has 0 fully saturated rings. The Hall–Kier alpha value is -4.29. The van der Waals surface area contributed by atoms with Crippen LogP contribution in [0, 0.1) is 21.4 Å². The number of fused-ring (bicyclic) bond motifs is 2. The van der Waals surface area contributed by atoms with Crippen LogP contribution in [0.3, 0.4) is 0 Å². The molecule has 0 spiro atoms. The normalized spacial score (nSPS) is 12.6. The average molecular weight is 498 g/mol. The number of carbonyl (C=O) groups excluding carboxylic acids is 1. The van der Waals surface area contributed by atoms with E-state index in [0.29, 0.717) is 32.7 Å². The first-order chi connectivity index (χ1) is 17.5. The second kappa shape index (κ2) is 9.76. The van der Waals surface area contributed by atoms with Crippen LogP contribution in [-0.2, 0) is 12.8 Å². The van der Waals surface area contributed by atoms with Crippen LogP contribution in [0.5, 0.6) is 0 Å². The highest BCUT2D eigenvalue weighted by atomic mass is 32.2. The summed E-state index contributed by atoms with van der Waals surface area (Å²) >= 11 is 1.11. The number of nitriles is 1. The van der Waals surface area contributed by atoms with Crippen molar-refractivity contribution in [1.29, 1.82) is 5.26 Å². The van der Waals surface area contributed by atoms with E-state index < -0.39 is 16.3 Å². The van der Waals surface area contributed by atoms with Crippen LogP contribution >= 0.6 is 11.8 Å². The van der Waals surface area contributed by atoms with Crippen molar-refractivity contribution < 1.29 is 14.1 Å². The lowest BCUT2D eigenvalue weighted by molar-refractivity contribution is -0.384. The maximum atomic E-state index is 13.0. The molecule has 5 rings (SSSR count). The molecule has 0 amide bonds. The van der Waals surface area contributed by atoms with Gasteiger partial charge in [-0.05, 0) is 61.1 Å². The lowest BCUT2D eigenvalue weighted by atomic mass is 9.87. The number of aryl methyl sites for hydroxylation is 1. The van der Waals surface area contributed by atoms with Crippen LogP contribution in [0.4, 0.5) is 5.69 Å². The van der Waals surface area contributed by atoms with Crippen LogP contribution in [0.1, 0.15) is 40.0 Å². The summed E-state index contributed by atoms with van der Waals surface area (Å²) in [6, 6.07) is 16.8. The molecular formula is C27H19N3O5S. The van der Waals surface area contributed by atoms with E-state index in [1.165, 1.54) is 18.2 Å². The zero-order valence-corrected chi connectivity index (χ0v) is 19.8. The Kier molecular flexibility index (Phi) is 6.36. The van der Waals surface area contributed by atoms with Gasteiger partial charge in [-0.2, -0.15) is 5.26 Å². The number of nitro groups is 1. The summed E-state index contributed by atoms with van der Waals surface area (Å²) < 4.78 is 5.29. The second-order valence-electron chi connectivity index (χ2n) is 8.41. The number of benzene rings is 2. The minimum absolute atomic E-state index is 0.0328. The molecule has 36 heavy (non-hydrogen) atoms. The number of Topliss-reactive ketones (excluding diaryl/α,β-unsaturated/α-hetero) is 1. The summed E-state index contributed by atoms with van der Waals surface area (Å²) in [5.41, 5.74) is 3.19. The number of carbonyl (C=O) groups is 1. The van der Waals surface area contributed by atoms with Crippen molar-refractivity contribution in [2.24, 2.45) is 0 Å². The van der Waals surface area contributed by atoms with Gasteiger partial charge in [-0.1, -0.05) is 30.0 Å². The van der Waals surface area contributed by atoms with E-state index in [2.05, 4.69) is 6.07 Å². The Morgan fingerprint density at radius 1 is 1.14 bits per heavy atom. The van der Waals surface area contributed by atoms with Gasteiger partial charge in [0, 0.05) is 28.8 Å². The van der Waals surface area contributed by atoms with Gasteiger partial charge in [-0.25, -0.2) is 9.78 Å². The molecule has 0 aliphatic heterocycles. The SMILES string of the molecule is N#Cc1c(SCC(=O)c2cc3ccccc3oc2=O)nc2c(c1-c1ccc([N+](=O)[O-])cc1)CCCC2. The smallest absolute Gasteiger partial charge is 0.347 e. The molecule has 1 aliphatic carbocycles. The Bertz CT molecular complexity index is 1620. The fraction of sp³-hybridized carbons (Fsp3) is 0.185. The summed E-state index contributed by atoms with van der Waals surface area (Å²) in [6.07, 6.45) is 3.43. The number of non-ortho nitro benzene ring substituents is 1. The quantitative estimate of drug-likeness (QED) is 0.112. The van der Waals surface area contributed by atoms with Crippen molar-refractivity contribution in [2.75, 3.05) is 5.75 Å². The lowest BCUT2D eigenvalue weighted by Crippen LogP contribution is -2.16. The summed E-state index contributed by atoms with van der Waals surface area (Å²) in [4.78, 5) is 40.7. The molecule has 0 saturated heterocycles. The molecule has 178 valence electrons. The number of rotatable bonds is 6. The summed E-state index contributed by atoms with van der Waals surface area (Å²) in [5, 5.41) is 22.2. The van der Waals surface area contributed by atoms with Gasteiger partial charge in [-0.15, -0.1) is 0 Å². The molecule has 2 aromatic carbocycles. The minimum atomic E-state index is -0.704. The highest BCUT2D eigenvalue weighted by molar-refractivity contribution is 8.00. The van der Waals surface area contributed by atoms with E-state index in [1.54, 1.807) is 36.4 Å². The Morgan fingerprint density at radius 3 is 2.64 bits per heavy atom. The second-order valence-corrected chi connectivity index (χ2v) is 9.38. The highest BCUT2D eigenvalue weighted by Gasteiger charge is 2.24. The van der Waals surface area contributed by atoms with Gasteiger partial charge in [0.2, 0.25) is 0 Å². The van der Waals surface area contributed by atoms with Gasteiger partial charge in [0.25, 0.3) is 5.69 Å². The number of hydrogen-bond acceptors (Lipinski definition) is 8. The molecular weight excluding hydrogens is 478 g/mol.